The van der Waals surface area contributed by atoms with Crippen LogP contribution in [0, 0.1) is 92.9 Å². The van der Waals surface area contributed by atoms with Crippen molar-refractivity contribution in [1.82, 2.24) is 25.3 Å². The van der Waals surface area contributed by atoms with Gasteiger partial charge in [0.2, 0.25) is 5.91 Å². The lowest BCUT2D eigenvalue weighted by molar-refractivity contribution is 0.1000. The first-order valence-corrected chi connectivity index (χ1v) is 36.6. The van der Waals surface area contributed by atoms with E-state index in [0.717, 1.165) is 87.8 Å². The van der Waals surface area contributed by atoms with E-state index in [-0.39, 0.29) is 5.91 Å². The number of hydrogen-bond donors (Lipinski definition) is 8. The zero-order valence-electron chi connectivity index (χ0n) is 67.3. The highest BCUT2D eigenvalue weighted by Crippen LogP contribution is 2.24. The molecule has 11 aromatic carbocycles. The number of fused-ring (bicyclic) bond motifs is 4. The molecule has 15 aromatic rings. The van der Waals surface area contributed by atoms with Crippen LogP contribution in [0.2, 0.25) is 5.02 Å². The van der Waals surface area contributed by atoms with E-state index in [2.05, 4.69) is 88.6 Å². The number of aryl methyl sites for hydroxylation is 11. The Labute approximate surface area is 666 Å². The first-order chi connectivity index (χ1) is 53.6. The fourth-order valence-corrected chi connectivity index (χ4v) is 10.3. The number of benzene rings is 11. The number of nitrogens with one attached hydrogen (secondary N) is 2. The second-order valence-corrected chi connectivity index (χ2v) is 26.2. The zero-order chi connectivity index (χ0) is 82.7. The van der Waals surface area contributed by atoms with Crippen LogP contribution in [-0.4, -0.2) is 51.2 Å². The van der Waals surface area contributed by atoms with Crippen LogP contribution in [0.3, 0.4) is 0 Å². The van der Waals surface area contributed by atoms with Crippen molar-refractivity contribution in [3.05, 3.63) is 356 Å². The van der Waals surface area contributed by atoms with E-state index < -0.39 is 0 Å². The van der Waals surface area contributed by atoms with E-state index in [1.54, 1.807) is 51.7 Å². The molecule has 18 heteroatoms. The lowest BCUT2D eigenvalue weighted by Crippen LogP contribution is -2.10. The molecule has 0 fully saturated rings. The molecule has 580 valence electrons. The van der Waals surface area contributed by atoms with Gasteiger partial charge in [0.05, 0.1) is 36.8 Å². The highest BCUT2D eigenvalue weighted by molar-refractivity contribution is 6.30. The second kappa shape index (κ2) is 49.0. The molecule has 1 amide bonds. The Morgan fingerprint density at radius 2 is 0.920 bits per heavy atom. The SMILES string of the molecule is CC.CC(=N)c1cccc(C)c1.COc1ccc(C)cc1.COc1cccc(C)c1.Cc1ccc2[nH]nc(N)c2c1.Cc1ccc2c(N)nccc2c1.Cc1ccc2ccnc(N)c2c1.Cc1ccc2onc(N)c2c1.Cc1cccc(C#N)c1.Cc1cccc(C(N)=O)c1.Cc1cccc(CN)c1.Cc1cccc(Cl)c1. The molecule has 0 aliphatic rings. The highest BCUT2D eigenvalue weighted by atomic mass is 35.5. The quantitative estimate of drug-likeness (QED) is 0.0743. The largest absolute Gasteiger partial charge is 0.497 e. The van der Waals surface area contributed by atoms with Crippen LogP contribution in [-0.2, 0) is 6.54 Å². The Kier molecular flexibility index (Phi) is 39.9. The molecule has 112 heavy (non-hydrogen) atoms. The number of carbonyl (C=O) groups excluding carboxylic acids is 1. The summed E-state index contributed by atoms with van der Waals surface area (Å²) < 4.78 is 14.9. The van der Waals surface area contributed by atoms with Crippen molar-refractivity contribution < 1.29 is 18.8 Å². The van der Waals surface area contributed by atoms with Crippen molar-refractivity contribution in [2.75, 3.05) is 37.2 Å². The van der Waals surface area contributed by atoms with Gasteiger partial charge in [-0.05, 0) is 225 Å². The lowest BCUT2D eigenvalue weighted by atomic mass is 10.1. The maximum absolute atomic E-state index is 10.6. The smallest absolute Gasteiger partial charge is 0.248 e. The summed E-state index contributed by atoms with van der Waals surface area (Å²) in [6.45, 7) is 28.7. The molecule has 0 saturated heterocycles. The minimum absolute atomic E-state index is 0.372. The predicted octanol–water partition coefficient (Wildman–Crippen LogP) is 21.9. The van der Waals surface area contributed by atoms with E-state index >= 15 is 0 Å². The molecule has 0 spiro atoms. The number of carbonyl (C=O) groups is 1. The van der Waals surface area contributed by atoms with Crippen molar-refractivity contribution in [1.29, 1.82) is 10.7 Å². The first-order valence-electron chi connectivity index (χ1n) is 36.3. The summed E-state index contributed by atoms with van der Waals surface area (Å²) in [6, 6.07) is 84.8. The van der Waals surface area contributed by atoms with Gasteiger partial charge in [0.1, 0.15) is 23.1 Å². The molecule has 0 aliphatic heterocycles. The van der Waals surface area contributed by atoms with Crippen LogP contribution >= 0.6 is 11.6 Å². The van der Waals surface area contributed by atoms with E-state index in [4.69, 9.17) is 70.7 Å². The monoisotopic (exact) mass is 1520 g/mol. The van der Waals surface area contributed by atoms with Crippen molar-refractivity contribution in [3.8, 4) is 17.6 Å². The molecule has 0 atom stereocenters. The summed E-state index contributed by atoms with van der Waals surface area (Å²) in [5.74, 6) is 3.72. The maximum atomic E-state index is 10.6. The number of halogens is 1. The number of primary amides is 1. The molecule has 17 nitrogen and oxygen atoms in total. The van der Waals surface area contributed by atoms with Crippen LogP contribution < -0.4 is 43.9 Å². The van der Waals surface area contributed by atoms with Crippen molar-refractivity contribution >= 4 is 89.9 Å². The fraction of sp³-hybridized carbons (Fsp3) is 0.181. The molecule has 4 aromatic heterocycles. The Hall–Kier alpha value is -13.1. The highest BCUT2D eigenvalue weighted by Gasteiger charge is 2.05. The number of nitriles is 1. The van der Waals surface area contributed by atoms with E-state index in [1.807, 2.05) is 269 Å². The number of nitrogens with two attached hydrogens (primary N) is 6. The Morgan fingerprint density at radius 1 is 0.455 bits per heavy atom. The van der Waals surface area contributed by atoms with Gasteiger partial charge >= 0.3 is 0 Å². The number of nitrogen functional groups attached to an aromatic ring is 4. The Morgan fingerprint density at radius 3 is 1.41 bits per heavy atom. The third kappa shape index (κ3) is 33.6. The number of aromatic amines is 1. The second-order valence-electron chi connectivity index (χ2n) is 25.8. The van der Waals surface area contributed by atoms with Crippen molar-refractivity contribution in [2.45, 2.75) is 103 Å². The van der Waals surface area contributed by atoms with Crippen molar-refractivity contribution in [2.24, 2.45) is 11.5 Å². The van der Waals surface area contributed by atoms with Gasteiger partial charge in [-0.25, -0.2) is 9.97 Å². The molecule has 4 heterocycles. The van der Waals surface area contributed by atoms with E-state index in [1.165, 1.54) is 50.1 Å². The third-order valence-corrected chi connectivity index (χ3v) is 16.2. The summed E-state index contributed by atoms with van der Waals surface area (Å²) in [4.78, 5) is 18.6. The number of pyridine rings is 2. The summed E-state index contributed by atoms with van der Waals surface area (Å²) >= 11 is 5.64. The van der Waals surface area contributed by atoms with Gasteiger partial charge in [0.15, 0.2) is 17.2 Å². The van der Waals surface area contributed by atoms with Gasteiger partial charge in [-0.3, -0.25) is 9.89 Å². The zero-order valence-corrected chi connectivity index (χ0v) is 68.1. The van der Waals surface area contributed by atoms with E-state index in [0.29, 0.717) is 41.1 Å². The fourth-order valence-electron chi connectivity index (χ4n) is 10.1. The van der Waals surface area contributed by atoms with Gasteiger partial charge in [0.25, 0.3) is 0 Å². The number of rotatable bonds is 5. The van der Waals surface area contributed by atoms with E-state index in [9.17, 15) is 4.79 Å². The topological polar surface area (TPSA) is 320 Å². The van der Waals surface area contributed by atoms with Crippen LogP contribution in [0.15, 0.2) is 272 Å². The van der Waals surface area contributed by atoms with Gasteiger partial charge in [-0.1, -0.05) is 227 Å². The van der Waals surface area contributed by atoms with Gasteiger partial charge < -0.3 is 53.8 Å². The molecular formula is C94H108ClN13O4. The standard InChI is InChI=1S/2C10H10N2.C9H11N.C8H9N3.C8H8N2O.C8H9NO.C8H11N.C8H7N.2C8H10O.C7H7Cl.C2H6/c1-7-2-3-9-8(6-7)4-5-12-10(9)11;1-7-2-3-8-4-5-12-10(11)9(8)6-7;1-7-4-3-5-9(6-7)8(2)10;1-5-2-3-7-6(4-5)8(9)11-10-7;1-5-2-3-7-6(4-5)8(9)10-11-7;1-6-3-2-4-7(5-6)8(9)10;2*1-7-3-2-4-8(5-7)6-9;1-7-3-5-8(9-2)6-4-7;1-7-4-3-5-8(6-7)9-2;1-6-3-2-4-7(8)5-6;1-2/h2*2-6H,1H3,(H2,11,12);3-6,10H,1-2H3;2-4H,1H3,(H3,9,10,11);2-4H,1H3,(H2,9,10);2-5H,1H3,(H2,9,10);2-5H,6,9H2,1H3;2-5H,1H3;2*3-6H,1-2H3;2-5H,1H3;1-2H3. The molecule has 14 N–H and O–H groups in total. The normalized spacial score (nSPS) is 9.62. The number of H-pyrrole nitrogens is 1. The summed E-state index contributed by atoms with van der Waals surface area (Å²) in [5.41, 5.74) is 52.1. The summed E-state index contributed by atoms with van der Waals surface area (Å²) in [6.07, 6.45) is 3.46. The minimum Gasteiger partial charge on any atom is -0.497 e. The van der Waals surface area contributed by atoms with Crippen LogP contribution in [0.4, 0.5) is 23.3 Å². The lowest BCUT2D eigenvalue weighted by Gasteiger charge is -2.00. The van der Waals surface area contributed by atoms with Gasteiger partial charge in [0, 0.05) is 51.4 Å². The summed E-state index contributed by atoms with van der Waals surface area (Å²) in [7, 11) is 3.35. The molecule has 0 radical (unpaired) electrons. The molecule has 0 aliphatic carbocycles. The number of ether oxygens (including phenoxy) is 2. The average Bonchev–Trinajstić information content (AvgIpc) is 1.03. The number of aromatic nitrogens is 5. The third-order valence-electron chi connectivity index (χ3n) is 16.0. The Balaban J connectivity index is 0.000000260. The molecular weight excluding hydrogens is 1410 g/mol. The number of amides is 1. The van der Waals surface area contributed by atoms with Crippen molar-refractivity contribution in [3.63, 3.8) is 0 Å². The number of methoxy groups -OCH3 is 2. The molecule has 15 rings (SSSR count). The molecule has 0 unspecified atom stereocenters. The minimum atomic E-state index is -0.372. The average molecular weight is 1520 g/mol. The Bertz CT molecular complexity index is 5220. The first kappa shape index (κ1) is 91.2. The number of nitrogens with zero attached hydrogens (tertiary/aromatic N) is 5. The molecule has 0 saturated carbocycles. The summed E-state index contributed by atoms with van der Waals surface area (Å²) in [5, 5.41) is 33.2. The van der Waals surface area contributed by atoms with Crippen LogP contribution in [0.5, 0.6) is 11.5 Å². The number of hydrogen-bond acceptors (Lipinski definition) is 15. The van der Waals surface area contributed by atoms with Gasteiger partial charge in [-0.2, -0.15) is 10.4 Å². The van der Waals surface area contributed by atoms with Crippen LogP contribution in [0.1, 0.15) is 109 Å². The van der Waals surface area contributed by atoms with Crippen LogP contribution in [0.25, 0.3) is 43.4 Å². The molecule has 0 bridgehead atoms. The number of anilines is 4. The van der Waals surface area contributed by atoms with Gasteiger partial charge in [-0.15, -0.1) is 0 Å². The maximum Gasteiger partial charge on any atom is 0.248 e. The predicted molar refractivity (Wildman–Crippen MR) is 472 cm³/mol.